The summed E-state index contributed by atoms with van der Waals surface area (Å²) in [5.41, 5.74) is 0.835. The summed E-state index contributed by atoms with van der Waals surface area (Å²) in [7, 11) is -3.21. The molecule has 1 N–H and O–H groups in total. The van der Waals surface area contributed by atoms with E-state index in [0.29, 0.717) is 13.0 Å². The van der Waals surface area contributed by atoms with Crippen molar-refractivity contribution in [2.24, 2.45) is 0 Å². The van der Waals surface area contributed by atoms with E-state index < -0.39 is 10.0 Å². The van der Waals surface area contributed by atoms with Gasteiger partial charge in [0.25, 0.3) is 0 Å². The van der Waals surface area contributed by atoms with Gasteiger partial charge >= 0.3 is 0 Å². The van der Waals surface area contributed by atoms with Gasteiger partial charge in [0.1, 0.15) is 0 Å². The Morgan fingerprint density at radius 2 is 2.24 bits per heavy atom. The molecule has 1 fully saturated rings. The molecule has 2 heterocycles. The Labute approximate surface area is 127 Å². The van der Waals surface area contributed by atoms with Crippen LogP contribution in [0.1, 0.15) is 31.9 Å². The third-order valence-electron chi connectivity index (χ3n) is 3.90. The van der Waals surface area contributed by atoms with Crippen molar-refractivity contribution < 1.29 is 8.42 Å². The molecule has 1 aromatic heterocycles. The summed E-state index contributed by atoms with van der Waals surface area (Å²) in [5.74, 6) is 0.145. The first-order valence-corrected chi connectivity index (χ1v) is 9.34. The van der Waals surface area contributed by atoms with Gasteiger partial charge in [-0.1, -0.05) is 19.4 Å². The highest BCUT2D eigenvalue weighted by atomic mass is 32.2. The van der Waals surface area contributed by atoms with Crippen molar-refractivity contribution in [2.45, 2.75) is 38.6 Å². The smallest absolute Gasteiger partial charge is 0.214 e. The van der Waals surface area contributed by atoms with Gasteiger partial charge in [0.2, 0.25) is 10.0 Å². The molecule has 1 aliphatic rings. The molecule has 0 aromatic carbocycles. The van der Waals surface area contributed by atoms with E-state index in [9.17, 15) is 8.42 Å². The van der Waals surface area contributed by atoms with Crippen LogP contribution >= 0.6 is 0 Å². The van der Waals surface area contributed by atoms with Gasteiger partial charge in [0, 0.05) is 37.4 Å². The fourth-order valence-corrected chi connectivity index (χ4v) is 4.50. The van der Waals surface area contributed by atoms with Crippen molar-refractivity contribution in [3.8, 4) is 0 Å². The van der Waals surface area contributed by atoms with Crippen molar-refractivity contribution in [3.05, 3.63) is 30.1 Å². The molecule has 0 spiro atoms. The molecule has 0 radical (unpaired) electrons. The summed E-state index contributed by atoms with van der Waals surface area (Å²) in [5, 5.41) is 3.28. The first kappa shape index (κ1) is 16.4. The molecule has 5 nitrogen and oxygen atoms in total. The molecule has 1 aliphatic heterocycles. The van der Waals surface area contributed by atoms with E-state index in [1.165, 1.54) is 0 Å². The van der Waals surface area contributed by atoms with E-state index in [1.807, 2.05) is 25.1 Å². The van der Waals surface area contributed by atoms with Gasteiger partial charge in [-0.3, -0.25) is 4.98 Å². The third kappa shape index (κ3) is 4.76. The lowest BCUT2D eigenvalue weighted by atomic mass is 10.1. The van der Waals surface area contributed by atoms with Crippen molar-refractivity contribution in [1.82, 2.24) is 14.6 Å². The number of nitrogens with one attached hydrogen (secondary N) is 1. The summed E-state index contributed by atoms with van der Waals surface area (Å²) in [6.45, 7) is 4.32. The number of hydrogen-bond donors (Lipinski definition) is 1. The number of nitrogens with zero attached hydrogens (tertiary/aromatic N) is 2. The lowest BCUT2D eigenvalue weighted by molar-refractivity contribution is 0.246. The quantitative estimate of drug-likeness (QED) is 0.827. The van der Waals surface area contributed by atoms with Crippen molar-refractivity contribution in [2.75, 3.05) is 25.4 Å². The van der Waals surface area contributed by atoms with E-state index in [-0.39, 0.29) is 11.8 Å². The molecule has 0 saturated carbocycles. The van der Waals surface area contributed by atoms with Gasteiger partial charge < -0.3 is 5.32 Å². The fraction of sp³-hybridized carbons (Fsp3) is 0.667. The number of aromatic nitrogens is 1. The number of aryl methyl sites for hydroxylation is 1. The van der Waals surface area contributed by atoms with E-state index in [0.717, 1.165) is 38.0 Å². The van der Waals surface area contributed by atoms with Crippen LogP contribution in [0, 0.1) is 0 Å². The predicted molar refractivity (Wildman–Crippen MR) is 84.6 cm³/mol. The summed E-state index contributed by atoms with van der Waals surface area (Å²) >= 11 is 0. The van der Waals surface area contributed by atoms with E-state index in [1.54, 1.807) is 10.5 Å². The highest BCUT2D eigenvalue weighted by molar-refractivity contribution is 7.89. The second-order valence-corrected chi connectivity index (χ2v) is 7.50. The van der Waals surface area contributed by atoms with Crippen LogP contribution in [0.4, 0.5) is 0 Å². The van der Waals surface area contributed by atoms with Crippen LogP contribution < -0.4 is 5.32 Å². The normalized spacial score (nSPS) is 20.5. The van der Waals surface area contributed by atoms with Gasteiger partial charge in [-0.2, -0.15) is 4.31 Å². The minimum Gasteiger partial charge on any atom is -0.315 e. The molecular formula is C15H25N3O2S. The maximum absolute atomic E-state index is 12.6. The van der Waals surface area contributed by atoms with Crippen LogP contribution in [0.15, 0.2) is 24.4 Å². The average Bonchev–Trinajstić information content (AvgIpc) is 2.52. The molecule has 6 heteroatoms. The molecule has 0 amide bonds. The summed E-state index contributed by atoms with van der Waals surface area (Å²) < 4.78 is 26.9. The van der Waals surface area contributed by atoms with E-state index >= 15 is 0 Å². The molecule has 118 valence electrons. The van der Waals surface area contributed by atoms with Crippen molar-refractivity contribution >= 4 is 10.0 Å². The number of pyridine rings is 1. The Hall–Kier alpha value is -0.980. The van der Waals surface area contributed by atoms with E-state index in [4.69, 9.17) is 0 Å². The van der Waals surface area contributed by atoms with Gasteiger partial charge in [-0.05, 0) is 31.5 Å². The van der Waals surface area contributed by atoms with Crippen LogP contribution in [-0.4, -0.2) is 49.1 Å². The van der Waals surface area contributed by atoms with Gasteiger partial charge in [-0.25, -0.2) is 8.42 Å². The summed E-state index contributed by atoms with van der Waals surface area (Å²) in [4.78, 5) is 4.20. The second-order valence-electron chi connectivity index (χ2n) is 5.46. The number of hydrogen-bond acceptors (Lipinski definition) is 4. The maximum atomic E-state index is 12.6. The first-order valence-electron chi connectivity index (χ1n) is 7.73. The zero-order chi connectivity index (χ0) is 15.1. The van der Waals surface area contributed by atoms with Gasteiger partial charge in [-0.15, -0.1) is 0 Å². The molecular weight excluding hydrogens is 286 g/mol. The topological polar surface area (TPSA) is 62.3 Å². The van der Waals surface area contributed by atoms with E-state index in [2.05, 4.69) is 10.3 Å². The van der Waals surface area contributed by atoms with Crippen LogP contribution in [0.3, 0.4) is 0 Å². The highest BCUT2D eigenvalue weighted by Crippen LogP contribution is 2.21. The van der Waals surface area contributed by atoms with Gasteiger partial charge in [0.05, 0.1) is 5.75 Å². The standard InChI is InChI=1S/C15H25N3O2S/c1-2-16-13-15-8-4-6-11-18(15)21(19,20)12-9-14-7-3-5-10-17-14/h3,5,7,10,15-16H,2,4,6,8-9,11-13H2,1H3. The molecule has 2 rings (SSSR count). The van der Waals surface area contributed by atoms with Gasteiger partial charge in [0.15, 0.2) is 0 Å². The number of piperidine rings is 1. The Morgan fingerprint density at radius 3 is 2.95 bits per heavy atom. The fourth-order valence-electron chi connectivity index (χ4n) is 2.75. The Bertz CT molecular complexity index is 519. The molecule has 1 atom stereocenters. The highest BCUT2D eigenvalue weighted by Gasteiger charge is 2.31. The SMILES string of the molecule is CCNCC1CCCCN1S(=O)(=O)CCc1ccccn1. The lowest BCUT2D eigenvalue weighted by Crippen LogP contribution is -2.49. The van der Waals surface area contributed by atoms with Crippen LogP contribution in [0.25, 0.3) is 0 Å². The van der Waals surface area contributed by atoms with Crippen LogP contribution in [-0.2, 0) is 16.4 Å². The predicted octanol–water partition coefficient (Wildman–Crippen LogP) is 1.42. The van der Waals surface area contributed by atoms with Crippen molar-refractivity contribution in [1.29, 1.82) is 0 Å². The summed E-state index contributed by atoms with van der Waals surface area (Å²) in [6, 6.07) is 5.72. The molecule has 1 unspecified atom stereocenters. The zero-order valence-electron chi connectivity index (χ0n) is 12.7. The summed E-state index contributed by atoms with van der Waals surface area (Å²) in [6.07, 6.45) is 5.22. The Morgan fingerprint density at radius 1 is 1.38 bits per heavy atom. The largest absolute Gasteiger partial charge is 0.315 e. The number of sulfonamides is 1. The monoisotopic (exact) mass is 311 g/mol. The lowest BCUT2D eigenvalue weighted by Gasteiger charge is -2.34. The molecule has 1 aromatic rings. The average molecular weight is 311 g/mol. The molecule has 0 bridgehead atoms. The minimum absolute atomic E-state index is 0.104. The van der Waals surface area contributed by atoms with Crippen LogP contribution in [0.5, 0.6) is 0 Å². The maximum Gasteiger partial charge on any atom is 0.214 e. The molecule has 0 aliphatic carbocycles. The Balaban J connectivity index is 1.98. The molecule has 1 saturated heterocycles. The van der Waals surface area contributed by atoms with Crippen LogP contribution in [0.2, 0.25) is 0 Å². The Kier molecular flexibility index (Phi) is 6.14. The second kappa shape index (κ2) is 7.87. The zero-order valence-corrected chi connectivity index (χ0v) is 13.5. The third-order valence-corrected chi connectivity index (χ3v) is 5.82. The number of likely N-dealkylation sites (N-methyl/N-ethyl adjacent to an activating group) is 1. The first-order chi connectivity index (χ1) is 10.1. The number of rotatable bonds is 7. The minimum atomic E-state index is -3.21. The molecule has 21 heavy (non-hydrogen) atoms. The van der Waals surface area contributed by atoms with Crippen molar-refractivity contribution in [3.63, 3.8) is 0 Å².